The molecule has 0 aliphatic carbocycles. The first kappa shape index (κ1) is 14.9. The van der Waals surface area contributed by atoms with E-state index in [1.807, 2.05) is 30.3 Å². The lowest BCUT2D eigenvalue weighted by atomic mass is 10.2. The van der Waals surface area contributed by atoms with Gasteiger partial charge in [0.15, 0.2) is 0 Å². The first-order valence-electron chi connectivity index (χ1n) is 6.22. The summed E-state index contributed by atoms with van der Waals surface area (Å²) < 4.78 is 27.6. The van der Waals surface area contributed by atoms with Crippen LogP contribution in [0.5, 0.6) is 0 Å². The van der Waals surface area contributed by atoms with E-state index in [1.54, 1.807) is 10.9 Å². The Bertz CT molecular complexity index is 641. The maximum absolute atomic E-state index is 11.7. The van der Waals surface area contributed by atoms with Gasteiger partial charge in [0.2, 0.25) is 10.0 Å². The Labute approximate surface area is 123 Å². The Hall–Kier alpha value is -1.53. The summed E-state index contributed by atoms with van der Waals surface area (Å²) in [6.07, 6.45) is 3.60. The van der Waals surface area contributed by atoms with Crippen LogP contribution in [0.15, 0.2) is 42.7 Å². The topological polar surface area (TPSA) is 64.0 Å². The van der Waals surface area contributed by atoms with Crippen LogP contribution < -0.4 is 4.72 Å². The van der Waals surface area contributed by atoms with Gasteiger partial charge >= 0.3 is 0 Å². The molecule has 0 fully saturated rings. The molecule has 0 bridgehead atoms. The molecule has 0 radical (unpaired) electrons. The minimum Gasteiger partial charge on any atom is -0.280 e. The van der Waals surface area contributed by atoms with Crippen molar-refractivity contribution in [1.82, 2.24) is 9.78 Å². The zero-order valence-electron chi connectivity index (χ0n) is 10.9. The second kappa shape index (κ2) is 6.76. The van der Waals surface area contributed by atoms with Crippen LogP contribution in [-0.4, -0.2) is 29.8 Å². The standard InChI is InChI=1S/C13H16ClN3O2S/c14-7-4-8-20(18,19)16-13-9-15-17(11-13)10-12-5-2-1-3-6-12/h1-3,5-6,9,11,16H,4,7-8,10H2. The largest absolute Gasteiger partial charge is 0.280 e. The van der Waals surface area contributed by atoms with E-state index in [0.717, 1.165) is 5.56 Å². The summed E-state index contributed by atoms with van der Waals surface area (Å²) in [5, 5.41) is 4.14. The van der Waals surface area contributed by atoms with E-state index in [1.165, 1.54) is 6.20 Å². The number of aromatic nitrogens is 2. The number of alkyl halides is 1. The Morgan fingerprint density at radius 2 is 2.00 bits per heavy atom. The van der Waals surface area contributed by atoms with Gasteiger partial charge in [0, 0.05) is 12.1 Å². The van der Waals surface area contributed by atoms with E-state index in [-0.39, 0.29) is 5.75 Å². The molecule has 0 aliphatic rings. The van der Waals surface area contributed by atoms with Crippen molar-refractivity contribution in [2.45, 2.75) is 13.0 Å². The fourth-order valence-electron chi connectivity index (χ4n) is 1.75. The van der Waals surface area contributed by atoms with Crippen LogP contribution in [0, 0.1) is 0 Å². The summed E-state index contributed by atoms with van der Waals surface area (Å²) in [5.41, 5.74) is 1.57. The third kappa shape index (κ3) is 4.54. The summed E-state index contributed by atoms with van der Waals surface area (Å²) in [6.45, 7) is 0.601. The van der Waals surface area contributed by atoms with Gasteiger partial charge in [-0.15, -0.1) is 11.6 Å². The van der Waals surface area contributed by atoms with Gasteiger partial charge in [0.25, 0.3) is 0 Å². The molecular weight excluding hydrogens is 298 g/mol. The van der Waals surface area contributed by atoms with Crippen molar-refractivity contribution >= 4 is 27.3 Å². The summed E-state index contributed by atoms with van der Waals surface area (Å²) in [6, 6.07) is 9.84. The molecule has 2 rings (SSSR count). The van der Waals surface area contributed by atoms with Gasteiger partial charge in [0.1, 0.15) is 0 Å². The quantitative estimate of drug-likeness (QED) is 0.798. The highest BCUT2D eigenvalue weighted by Crippen LogP contribution is 2.10. The van der Waals surface area contributed by atoms with E-state index in [9.17, 15) is 8.42 Å². The average Bonchev–Trinajstić information content (AvgIpc) is 2.84. The summed E-state index contributed by atoms with van der Waals surface area (Å²) >= 11 is 5.50. The van der Waals surface area contributed by atoms with Crippen LogP contribution in [0.4, 0.5) is 5.69 Å². The molecule has 7 heteroatoms. The molecule has 0 unspecified atom stereocenters. The third-order valence-corrected chi connectivity index (χ3v) is 4.28. The molecule has 2 aromatic rings. The van der Waals surface area contributed by atoms with Gasteiger partial charge in [-0.1, -0.05) is 30.3 Å². The zero-order chi connectivity index (χ0) is 14.4. The van der Waals surface area contributed by atoms with Crippen LogP contribution in [0.3, 0.4) is 0 Å². The molecule has 0 saturated heterocycles. The van der Waals surface area contributed by atoms with Crippen molar-refractivity contribution in [3.63, 3.8) is 0 Å². The lowest BCUT2D eigenvalue weighted by molar-refractivity contribution is 0.600. The van der Waals surface area contributed by atoms with Gasteiger partial charge < -0.3 is 0 Å². The minimum atomic E-state index is -3.34. The van der Waals surface area contributed by atoms with Gasteiger partial charge in [-0.3, -0.25) is 9.40 Å². The number of nitrogens with one attached hydrogen (secondary N) is 1. The molecule has 1 N–H and O–H groups in total. The first-order valence-corrected chi connectivity index (χ1v) is 8.40. The zero-order valence-corrected chi connectivity index (χ0v) is 12.4. The van der Waals surface area contributed by atoms with E-state index in [4.69, 9.17) is 11.6 Å². The Balaban J connectivity index is 1.99. The van der Waals surface area contributed by atoms with Crippen LogP contribution in [0.2, 0.25) is 0 Å². The van der Waals surface area contributed by atoms with Crippen molar-refractivity contribution in [2.24, 2.45) is 0 Å². The molecule has 0 amide bonds. The van der Waals surface area contributed by atoms with E-state index < -0.39 is 10.0 Å². The smallest absolute Gasteiger partial charge is 0.232 e. The van der Waals surface area contributed by atoms with Crippen molar-refractivity contribution < 1.29 is 8.42 Å². The number of hydrogen-bond donors (Lipinski definition) is 1. The Morgan fingerprint density at radius 1 is 1.25 bits per heavy atom. The number of anilines is 1. The number of halogens is 1. The molecular formula is C13H16ClN3O2S. The van der Waals surface area contributed by atoms with Gasteiger partial charge in [-0.25, -0.2) is 8.42 Å². The van der Waals surface area contributed by atoms with Crippen LogP contribution in [0.25, 0.3) is 0 Å². The highest BCUT2D eigenvalue weighted by Gasteiger charge is 2.11. The summed E-state index contributed by atoms with van der Waals surface area (Å²) in [4.78, 5) is 0. The number of hydrogen-bond acceptors (Lipinski definition) is 3. The lowest BCUT2D eigenvalue weighted by Crippen LogP contribution is -2.16. The summed E-state index contributed by atoms with van der Waals surface area (Å²) in [7, 11) is -3.34. The van der Waals surface area contributed by atoms with Gasteiger partial charge in [0.05, 0.1) is 24.2 Å². The second-order valence-corrected chi connectivity index (χ2v) is 6.60. The fraction of sp³-hybridized carbons (Fsp3) is 0.308. The monoisotopic (exact) mass is 313 g/mol. The Morgan fingerprint density at radius 3 is 2.70 bits per heavy atom. The summed E-state index contributed by atoms with van der Waals surface area (Å²) in [5.74, 6) is 0.342. The molecule has 108 valence electrons. The van der Waals surface area contributed by atoms with Crippen LogP contribution >= 0.6 is 11.6 Å². The fourth-order valence-corrected chi connectivity index (χ4v) is 3.13. The van der Waals surface area contributed by atoms with E-state index >= 15 is 0 Å². The minimum absolute atomic E-state index is 0.0143. The highest BCUT2D eigenvalue weighted by atomic mass is 35.5. The number of rotatable bonds is 7. The van der Waals surface area contributed by atoms with Crippen molar-refractivity contribution in [3.05, 3.63) is 48.3 Å². The molecule has 20 heavy (non-hydrogen) atoms. The number of sulfonamides is 1. The van der Waals surface area contributed by atoms with Crippen molar-refractivity contribution in [3.8, 4) is 0 Å². The second-order valence-electron chi connectivity index (χ2n) is 4.38. The van der Waals surface area contributed by atoms with Crippen molar-refractivity contribution in [1.29, 1.82) is 0 Å². The predicted molar refractivity (Wildman–Crippen MR) is 80.5 cm³/mol. The maximum atomic E-state index is 11.7. The normalized spacial score (nSPS) is 11.4. The molecule has 5 nitrogen and oxygen atoms in total. The van der Waals surface area contributed by atoms with Crippen LogP contribution in [-0.2, 0) is 16.6 Å². The van der Waals surface area contributed by atoms with Crippen LogP contribution in [0.1, 0.15) is 12.0 Å². The molecule has 0 saturated carbocycles. The molecule has 1 aromatic carbocycles. The van der Waals surface area contributed by atoms with E-state index in [2.05, 4.69) is 9.82 Å². The maximum Gasteiger partial charge on any atom is 0.232 e. The lowest BCUT2D eigenvalue weighted by Gasteiger charge is -2.04. The van der Waals surface area contributed by atoms with Crippen molar-refractivity contribution in [2.75, 3.05) is 16.4 Å². The van der Waals surface area contributed by atoms with E-state index in [0.29, 0.717) is 24.5 Å². The molecule has 1 aromatic heterocycles. The SMILES string of the molecule is O=S(=O)(CCCCl)Nc1cnn(Cc2ccccc2)c1. The predicted octanol–water partition coefficient (Wildman–Crippen LogP) is 2.30. The molecule has 1 heterocycles. The number of nitrogens with zero attached hydrogens (tertiary/aromatic N) is 2. The average molecular weight is 314 g/mol. The first-order chi connectivity index (χ1) is 9.59. The van der Waals surface area contributed by atoms with Gasteiger partial charge in [-0.05, 0) is 12.0 Å². The Kier molecular flexibility index (Phi) is 5.03. The molecule has 0 atom stereocenters. The number of benzene rings is 1. The molecule has 0 aliphatic heterocycles. The highest BCUT2D eigenvalue weighted by molar-refractivity contribution is 7.92. The molecule has 0 spiro atoms. The van der Waals surface area contributed by atoms with Gasteiger partial charge in [-0.2, -0.15) is 5.10 Å². The third-order valence-electron chi connectivity index (χ3n) is 2.64.